The minimum atomic E-state index is -0.575. The predicted molar refractivity (Wildman–Crippen MR) is 145 cm³/mol. The van der Waals surface area contributed by atoms with Gasteiger partial charge >= 0.3 is 12.2 Å². The van der Waals surface area contributed by atoms with Gasteiger partial charge in [-0.3, -0.25) is 0 Å². The van der Waals surface area contributed by atoms with E-state index in [1.807, 2.05) is 64.6 Å². The lowest BCUT2D eigenvalue weighted by molar-refractivity contribution is 0.0208. The minimum absolute atomic E-state index is 0.0162. The molecule has 0 saturated heterocycles. The Bertz CT molecular complexity index is 1180. The molecule has 3 saturated carbocycles. The van der Waals surface area contributed by atoms with E-state index in [2.05, 4.69) is 22.6 Å². The number of carbonyl (C=O) groups excluding carboxylic acids is 2. The molecule has 1 aromatic heterocycles. The summed E-state index contributed by atoms with van der Waals surface area (Å²) in [6.45, 7) is 11.8. The zero-order valence-corrected chi connectivity index (χ0v) is 24.0. The first-order chi connectivity index (χ1) is 18.3. The Morgan fingerprint density at radius 3 is 2.36 bits per heavy atom. The molecule has 3 aliphatic carbocycles. The van der Waals surface area contributed by atoms with Gasteiger partial charge in [-0.1, -0.05) is 35.5 Å². The lowest BCUT2D eigenvalue weighted by atomic mass is 10.0. The third-order valence-electron chi connectivity index (χ3n) is 7.76. The molecule has 2 amide bonds. The normalized spacial score (nSPS) is 25.6. The molecule has 39 heavy (non-hydrogen) atoms. The van der Waals surface area contributed by atoms with Crippen LogP contribution in [0, 0.1) is 0 Å². The van der Waals surface area contributed by atoms with Gasteiger partial charge in [-0.15, -0.1) is 0 Å². The van der Waals surface area contributed by atoms with Gasteiger partial charge in [0.2, 0.25) is 5.89 Å². The predicted octanol–water partition coefficient (Wildman–Crippen LogP) is 6.06. The Hall–Kier alpha value is -3.10. The fourth-order valence-electron chi connectivity index (χ4n) is 5.58. The Kier molecular flexibility index (Phi) is 7.14. The second kappa shape index (κ2) is 10.1. The molecule has 1 N–H and O–H groups in total. The molecule has 9 nitrogen and oxygen atoms in total. The molecule has 3 aliphatic rings. The summed E-state index contributed by atoms with van der Waals surface area (Å²) >= 11 is 0. The summed E-state index contributed by atoms with van der Waals surface area (Å²) in [4.78, 5) is 32.3. The number of benzene rings is 1. The summed E-state index contributed by atoms with van der Waals surface area (Å²) in [7, 11) is 0. The van der Waals surface area contributed by atoms with Crippen molar-refractivity contribution in [3.63, 3.8) is 0 Å². The van der Waals surface area contributed by atoms with Crippen molar-refractivity contribution in [1.29, 1.82) is 0 Å². The number of rotatable bonds is 7. The van der Waals surface area contributed by atoms with Gasteiger partial charge in [0.15, 0.2) is 5.82 Å². The topological polar surface area (TPSA) is 107 Å². The lowest BCUT2D eigenvalue weighted by Gasteiger charge is -2.30. The van der Waals surface area contributed by atoms with Crippen molar-refractivity contribution in [3.8, 4) is 0 Å². The fraction of sp³-hybridized carbons (Fsp3) is 0.667. The Morgan fingerprint density at radius 2 is 1.72 bits per heavy atom. The van der Waals surface area contributed by atoms with Crippen LogP contribution < -0.4 is 5.32 Å². The Balaban J connectivity index is 1.25. The first-order valence-corrected chi connectivity index (χ1v) is 14.2. The molecule has 0 radical (unpaired) electrons. The molecular weight excluding hydrogens is 496 g/mol. The third-order valence-corrected chi connectivity index (χ3v) is 7.76. The molecule has 212 valence electrons. The molecule has 4 atom stereocenters. The van der Waals surface area contributed by atoms with E-state index >= 15 is 0 Å². The number of carbonyl (C=O) groups is 2. The maximum atomic E-state index is 13.4. The second-order valence-electron chi connectivity index (χ2n) is 13.5. The highest BCUT2D eigenvalue weighted by Gasteiger charge is 2.55. The number of aromatic nitrogens is 2. The van der Waals surface area contributed by atoms with E-state index < -0.39 is 17.3 Å². The third kappa shape index (κ3) is 6.73. The molecule has 0 spiro atoms. The van der Waals surface area contributed by atoms with Crippen LogP contribution in [-0.2, 0) is 14.9 Å². The zero-order chi connectivity index (χ0) is 28.0. The van der Waals surface area contributed by atoms with Crippen LogP contribution in [0.3, 0.4) is 0 Å². The van der Waals surface area contributed by atoms with Crippen LogP contribution in [0.1, 0.15) is 109 Å². The first kappa shape index (κ1) is 27.5. The summed E-state index contributed by atoms with van der Waals surface area (Å²) < 4.78 is 17.0. The first-order valence-electron chi connectivity index (χ1n) is 14.2. The van der Waals surface area contributed by atoms with Crippen molar-refractivity contribution in [2.24, 2.45) is 0 Å². The van der Waals surface area contributed by atoms with Crippen LogP contribution in [-0.4, -0.2) is 57.1 Å². The van der Waals surface area contributed by atoms with E-state index in [9.17, 15) is 9.59 Å². The molecule has 0 bridgehead atoms. The number of amides is 2. The number of nitrogens with zero attached hydrogens (tertiary/aromatic N) is 3. The Morgan fingerprint density at radius 1 is 1.03 bits per heavy atom. The van der Waals surface area contributed by atoms with Crippen LogP contribution in [0.5, 0.6) is 0 Å². The van der Waals surface area contributed by atoms with Crippen molar-refractivity contribution in [1.82, 2.24) is 20.4 Å². The number of nitrogens with one attached hydrogen (secondary N) is 1. The van der Waals surface area contributed by atoms with Crippen LogP contribution in [0.15, 0.2) is 34.9 Å². The quantitative estimate of drug-likeness (QED) is 0.457. The average Bonchev–Trinajstić information content (AvgIpc) is 3.69. The summed E-state index contributed by atoms with van der Waals surface area (Å²) in [5, 5.41) is 7.37. The molecule has 9 heteroatoms. The monoisotopic (exact) mass is 538 g/mol. The highest BCUT2D eigenvalue weighted by molar-refractivity contribution is 5.70. The van der Waals surface area contributed by atoms with Crippen molar-refractivity contribution in [2.45, 2.75) is 121 Å². The van der Waals surface area contributed by atoms with Crippen LogP contribution in [0.2, 0.25) is 0 Å². The number of hydrogen-bond acceptors (Lipinski definition) is 7. The van der Waals surface area contributed by atoms with Gasteiger partial charge < -0.3 is 24.2 Å². The van der Waals surface area contributed by atoms with Crippen molar-refractivity contribution in [3.05, 3.63) is 47.6 Å². The summed E-state index contributed by atoms with van der Waals surface area (Å²) in [6.07, 6.45) is 4.48. The molecule has 5 rings (SSSR count). The van der Waals surface area contributed by atoms with Gasteiger partial charge in [0.1, 0.15) is 11.2 Å². The van der Waals surface area contributed by atoms with Gasteiger partial charge in [-0.25, -0.2) is 9.59 Å². The largest absolute Gasteiger partial charge is 0.444 e. The van der Waals surface area contributed by atoms with Gasteiger partial charge in [-0.2, -0.15) is 4.98 Å². The standard InChI is InChI=1S/C30H42N4O5/c1-28(2,3)37-26(35)31-21-13-12-20(16-21)24-32-25(33-39-24)30(14-15-30)18-34(27(36)38-29(4,5)6)23-17-22(23)19-10-8-7-9-11-19/h7-11,20-23H,12-18H2,1-6H3,(H,31,35)/t20-,21+,22+,23-/m1/s1. The molecule has 2 aromatic rings. The molecule has 0 unspecified atom stereocenters. The summed E-state index contributed by atoms with van der Waals surface area (Å²) in [5.41, 5.74) is -0.167. The average molecular weight is 539 g/mol. The zero-order valence-electron chi connectivity index (χ0n) is 24.0. The van der Waals surface area contributed by atoms with Crippen molar-refractivity contribution < 1.29 is 23.6 Å². The molecular formula is C30H42N4O5. The molecule has 0 aliphatic heterocycles. The summed E-state index contributed by atoms with van der Waals surface area (Å²) in [5.74, 6) is 1.69. The number of hydrogen-bond donors (Lipinski definition) is 1. The van der Waals surface area contributed by atoms with E-state index in [0.717, 1.165) is 38.5 Å². The van der Waals surface area contributed by atoms with Gasteiger partial charge in [0.25, 0.3) is 0 Å². The second-order valence-corrected chi connectivity index (χ2v) is 13.5. The van der Waals surface area contributed by atoms with E-state index in [1.165, 1.54) is 5.56 Å². The van der Waals surface area contributed by atoms with E-state index in [0.29, 0.717) is 24.2 Å². The van der Waals surface area contributed by atoms with E-state index in [1.54, 1.807) is 0 Å². The smallest absolute Gasteiger partial charge is 0.410 e. The number of alkyl carbamates (subject to hydrolysis) is 1. The molecule has 3 fully saturated rings. The molecule has 1 aromatic carbocycles. The van der Waals surface area contributed by atoms with E-state index in [-0.39, 0.29) is 29.5 Å². The maximum absolute atomic E-state index is 13.4. The minimum Gasteiger partial charge on any atom is -0.444 e. The summed E-state index contributed by atoms with van der Waals surface area (Å²) in [6, 6.07) is 10.5. The fourth-order valence-corrected chi connectivity index (χ4v) is 5.58. The SMILES string of the molecule is CC(C)(C)OC(=O)N[C@H]1CC[C@@H](c2nc(C3(CN(C(=O)OC(C)(C)C)[C@@H]4C[C@H]4c4ccccc4)CC3)no2)C1. The van der Waals surface area contributed by atoms with Crippen LogP contribution in [0.4, 0.5) is 9.59 Å². The van der Waals surface area contributed by atoms with Gasteiger partial charge in [-0.05, 0) is 85.6 Å². The van der Waals surface area contributed by atoms with Crippen molar-refractivity contribution in [2.75, 3.05) is 6.54 Å². The van der Waals surface area contributed by atoms with Gasteiger partial charge in [0, 0.05) is 30.5 Å². The van der Waals surface area contributed by atoms with E-state index in [4.69, 9.17) is 19.0 Å². The van der Waals surface area contributed by atoms with Crippen LogP contribution in [0.25, 0.3) is 0 Å². The van der Waals surface area contributed by atoms with Gasteiger partial charge in [0.05, 0.1) is 5.41 Å². The van der Waals surface area contributed by atoms with Crippen LogP contribution >= 0.6 is 0 Å². The highest BCUT2D eigenvalue weighted by Crippen LogP contribution is 2.52. The Labute approximate surface area is 231 Å². The lowest BCUT2D eigenvalue weighted by Crippen LogP contribution is -2.43. The maximum Gasteiger partial charge on any atom is 0.410 e. The highest BCUT2D eigenvalue weighted by atomic mass is 16.6. The molecule has 1 heterocycles. The van der Waals surface area contributed by atoms with Crippen molar-refractivity contribution >= 4 is 12.2 Å². The number of ether oxygens (including phenoxy) is 2.